The molecule has 90 valence electrons. The van der Waals surface area contributed by atoms with Crippen LogP contribution in [0.4, 0.5) is 0 Å². The molecule has 2 heterocycles. The molecule has 1 fully saturated rings. The van der Waals surface area contributed by atoms with E-state index in [0.29, 0.717) is 12.5 Å². The van der Waals surface area contributed by atoms with Gasteiger partial charge in [0.2, 0.25) is 0 Å². The van der Waals surface area contributed by atoms with E-state index >= 15 is 0 Å². The lowest BCUT2D eigenvalue weighted by molar-refractivity contribution is -0.0840. The van der Waals surface area contributed by atoms with E-state index < -0.39 is 0 Å². The average molecular weight is 295 g/mol. The fourth-order valence-electron chi connectivity index (χ4n) is 2.81. The van der Waals surface area contributed by atoms with Gasteiger partial charge in [0.05, 0.1) is 6.61 Å². The molecule has 1 aromatic carbocycles. The van der Waals surface area contributed by atoms with Crippen molar-refractivity contribution in [3.63, 3.8) is 0 Å². The van der Waals surface area contributed by atoms with Gasteiger partial charge in [0.15, 0.2) is 0 Å². The van der Waals surface area contributed by atoms with E-state index in [0.717, 1.165) is 28.8 Å². The largest absolute Gasteiger partial charge is 0.484 e. The van der Waals surface area contributed by atoms with Crippen molar-refractivity contribution in [3.05, 3.63) is 34.8 Å². The molecule has 2 nitrogen and oxygen atoms in total. The Bertz CT molecular complexity index is 483. The molecule has 0 aliphatic carbocycles. The minimum Gasteiger partial charge on any atom is -0.484 e. The van der Waals surface area contributed by atoms with Crippen LogP contribution in [0, 0.1) is 5.92 Å². The summed E-state index contributed by atoms with van der Waals surface area (Å²) in [6.07, 6.45) is 0.987. The molecule has 3 heteroatoms. The van der Waals surface area contributed by atoms with Gasteiger partial charge in [-0.1, -0.05) is 22.5 Å². The van der Waals surface area contributed by atoms with Gasteiger partial charge in [0.25, 0.3) is 0 Å². The Balaban J connectivity index is 2.09. The van der Waals surface area contributed by atoms with E-state index in [1.807, 2.05) is 12.1 Å². The maximum Gasteiger partial charge on any atom is 0.136 e. The Morgan fingerprint density at radius 2 is 2.29 bits per heavy atom. The van der Waals surface area contributed by atoms with Crippen LogP contribution in [-0.4, -0.2) is 18.8 Å². The van der Waals surface area contributed by atoms with Gasteiger partial charge in [-0.15, -0.1) is 0 Å². The number of fused-ring (bicyclic) bond motifs is 2. The van der Waals surface area contributed by atoms with Crippen molar-refractivity contribution in [2.75, 3.05) is 13.2 Å². The molecule has 17 heavy (non-hydrogen) atoms. The molecule has 0 amide bonds. The number of hydrogen-bond acceptors (Lipinski definition) is 2. The van der Waals surface area contributed by atoms with Gasteiger partial charge < -0.3 is 9.47 Å². The van der Waals surface area contributed by atoms with Gasteiger partial charge >= 0.3 is 0 Å². The maximum atomic E-state index is 6.14. The summed E-state index contributed by atoms with van der Waals surface area (Å²) in [7, 11) is 0. The summed E-state index contributed by atoms with van der Waals surface area (Å²) in [5, 5.41) is 0. The predicted molar refractivity (Wildman–Crippen MR) is 71.1 cm³/mol. The molecule has 0 spiro atoms. The van der Waals surface area contributed by atoms with Crippen molar-refractivity contribution in [3.8, 4) is 5.75 Å². The Hall–Kier alpha value is -0.800. The third-order valence-electron chi connectivity index (χ3n) is 3.73. The summed E-state index contributed by atoms with van der Waals surface area (Å²) in [4.78, 5) is 0. The number of benzene rings is 1. The fourth-order valence-corrected chi connectivity index (χ4v) is 3.17. The van der Waals surface area contributed by atoms with E-state index in [9.17, 15) is 0 Å². The molecule has 0 N–H and O–H groups in total. The van der Waals surface area contributed by atoms with Crippen LogP contribution in [0.2, 0.25) is 0 Å². The zero-order valence-corrected chi connectivity index (χ0v) is 11.4. The van der Waals surface area contributed by atoms with E-state index in [4.69, 9.17) is 9.47 Å². The normalized spacial score (nSPS) is 31.4. The highest BCUT2D eigenvalue weighted by Crippen LogP contribution is 2.47. The summed E-state index contributed by atoms with van der Waals surface area (Å²) in [5.41, 5.74) is 2.05. The van der Waals surface area contributed by atoms with Crippen LogP contribution >= 0.6 is 15.9 Å². The second kappa shape index (κ2) is 3.85. The third kappa shape index (κ3) is 1.72. The molecule has 0 aromatic heterocycles. The van der Waals surface area contributed by atoms with Crippen LogP contribution in [0.15, 0.2) is 29.3 Å². The summed E-state index contributed by atoms with van der Waals surface area (Å²) in [5.74, 6) is 1.28. The molecule has 3 rings (SSSR count). The summed E-state index contributed by atoms with van der Waals surface area (Å²) >= 11 is 3.50. The lowest BCUT2D eigenvalue weighted by atomic mass is 9.75. The van der Waals surface area contributed by atoms with E-state index in [2.05, 4.69) is 35.5 Å². The quantitative estimate of drug-likeness (QED) is 0.727. The molecule has 0 bridgehead atoms. The summed E-state index contributed by atoms with van der Waals surface area (Å²) in [6.45, 7) is 7.83. The molecule has 0 saturated carbocycles. The molecule has 0 radical (unpaired) electrons. The molecule has 2 atom stereocenters. The minimum atomic E-state index is -0.254. The molecular weight excluding hydrogens is 280 g/mol. The Morgan fingerprint density at radius 3 is 3.12 bits per heavy atom. The minimum absolute atomic E-state index is 0.254. The van der Waals surface area contributed by atoms with Gasteiger partial charge in [0, 0.05) is 22.6 Å². The number of ether oxygens (including phenoxy) is 2. The molecule has 0 unspecified atom stereocenters. The maximum absolute atomic E-state index is 6.14. The first-order chi connectivity index (χ1) is 8.10. The SMILES string of the molecule is C=C1c2cc(Br)ccc2O[C@@]2(C)COCC[C@H]12. The van der Waals surface area contributed by atoms with Crippen LogP contribution in [0.5, 0.6) is 5.75 Å². The van der Waals surface area contributed by atoms with Crippen molar-refractivity contribution in [1.82, 2.24) is 0 Å². The highest BCUT2D eigenvalue weighted by atomic mass is 79.9. The van der Waals surface area contributed by atoms with Gasteiger partial charge in [0.1, 0.15) is 11.4 Å². The first-order valence-electron chi connectivity index (χ1n) is 5.86. The zero-order chi connectivity index (χ0) is 12.0. The number of hydrogen-bond donors (Lipinski definition) is 0. The van der Waals surface area contributed by atoms with Crippen LogP contribution in [0.1, 0.15) is 18.9 Å². The van der Waals surface area contributed by atoms with E-state index in [1.165, 1.54) is 5.57 Å². The second-order valence-corrected chi connectivity index (χ2v) is 5.89. The molecule has 1 saturated heterocycles. The monoisotopic (exact) mass is 294 g/mol. The molecule has 1 aromatic rings. The first kappa shape index (κ1) is 11.3. The Morgan fingerprint density at radius 1 is 1.47 bits per heavy atom. The highest BCUT2D eigenvalue weighted by molar-refractivity contribution is 9.10. The summed E-state index contributed by atoms with van der Waals surface area (Å²) in [6, 6.07) is 6.09. The molecular formula is C14H15BrO2. The van der Waals surface area contributed by atoms with Crippen LogP contribution in [0.25, 0.3) is 5.57 Å². The Kier molecular flexibility index (Phi) is 2.56. The van der Waals surface area contributed by atoms with Crippen molar-refractivity contribution < 1.29 is 9.47 Å². The number of halogens is 1. The van der Waals surface area contributed by atoms with Gasteiger partial charge in [-0.3, -0.25) is 0 Å². The number of rotatable bonds is 0. The first-order valence-corrected chi connectivity index (χ1v) is 6.65. The van der Waals surface area contributed by atoms with E-state index in [1.54, 1.807) is 0 Å². The lowest BCUT2D eigenvalue weighted by Gasteiger charge is -2.46. The topological polar surface area (TPSA) is 18.5 Å². The van der Waals surface area contributed by atoms with Crippen molar-refractivity contribution >= 4 is 21.5 Å². The lowest BCUT2D eigenvalue weighted by Crippen LogP contribution is -2.51. The predicted octanol–water partition coefficient (Wildman–Crippen LogP) is 3.65. The van der Waals surface area contributed by atoms with Gasteiger partial charge in [-0.2, -0.15) is 0 Å². The second-order valence-electron chi connectivity index (χ2n) is 4.97. The third-order valence-corrected chi connectivity index (χ3v) is 4.22. The smallest absolute Gasteiger partial charge is 0.136 e. The van der Waals surface area contributed by atoms with E-state index in [-0.39, 0.29) is 5.60 Å². The van der Waals surface area contributed by atoms with Crippen LogP contribution in [0.3, 0.4) is 0 Å². The van der Waals surface area contributed by atoms with Gasteiger partial charge in [-0.05, 0) is 37.1 Å². The van der Waals surface area contributed by atoms with Gasteiger partial charge in [-0.25, -0.2) is 0 Å². The zero-order valence-electron chi connectivity index (χ0n) is 9.83. The fraction of sp³-hybridized carbons (Fsp3) is 0.429. The Labute approximate surface area is 110 Å². The van der Waals surface area contributed by atoms with Crippen LogP contribution in [-0.2, 0) is 4.74 Å². The van der Waals surface area contributed by atoms with Crippen molar-refractivity contribution in [1.29, 1.82) is 0 Å². The molecule has 2 aliphatic heterocycles. The summed E-state index contributed by atoms with van der Waals surface area (Å²) < 4.78 is 12.8. The average Bonchev–Trinajstić information content (AvgIpc) is 2.30. The standard InChI is InChI=1S/C14H15BrO2/c1-9-11-7-10(15)3-4-13(11)17-14(2)8-16-6-5-12(9)14/h3-4,7,12H,1,5-6,8H2,2H3/t12-,14+/m1/s1. The highest BCUT2D eigenvalue weighted by Gasteiger charge is 2.45. The van der Waals surface area contributed by atoms with Crippen molar-refractivity contribution in [2.45, 2.75) is 18.9 Å². The van der Waals surface area contributed by atoms with Crippen LogP contribution < -0.4 is 4.74 Å². The molecule has 2 aliphatic rings. The van der Waals surface area contributed by atoms with Crippen molar-refractivity contribution in [2.24, 2.45) is 5.92 Å².